The lowest BCUT2D eigenvalue weighted by molar-refractivity contribution is -0.192. The molecule has 6 nitrogen and oxygen atoms in total. The van der Waals surface area contributed by atoms with Crippen LogP contribution in [-0.2, 0) is 4.79 Å². The normalized spacial score (nSPS) is 22.6. The number of carboxylic acids is 1. The Morgan fingerprint density at radius 3 is 2.42 bits per heavy atom. The third-order valence-electron chi connectivity index (χ3n) is 5.73. The number of halogens is 3. The Kier molecular flexibility index (Phi) is 5.86. The quantitative estimate of drug-likeness (QED) is 0.643. The lowest BCUT2D eigenvalue weighted by Gasteiger charge is -2.44. The summed E-state index contributed by atoms with van der Waals surface area (Å²) in [6.45, 7) is 3.52. The number of H-pyrrole nitrogens is 1. The number of rotatable bonds is 3. The number of carboxylic acid groups (broad SMARTS) is 1. The number of fused-ring (bicyclic) bond motifs is 4. The van der Waals surface area contributed by atoms with Crippen LogP contribution in [0.4, 0.5) is 13.2 Å². The average molecular weight is 433 g/mol. The van der Waals surface area contributed by atoms with Gasteiger partial charge in [0.15, 0.2) is 0 Å². The van der Waals surface area contributed by atoms with Gasteiger partial charge >= 0.3 is 12.1 Å². The van der Waals surface area contributed by atoms with Gasteiger partial charge in [-0.25, -0.2) is 9.78 Å². The molecule has 3 aromatic rings. The van der Waals surface area contributed by atoms with Gasteiger partial charge in [-0.15, -0.1) is 0 Å². The van der Waals surface area contributed by atoms with Crippen molar-refractivity contribution in [1.29, 1.82) is 0 Å². The number of carbonyl (C=O) groups is 1. The van der Waals surface area contributed by atoms with Gasteiger partial charge in [-0.1, -0.05) is 6.07 Å². The predicted molar refractivity (Wildman–Crippen MR) is 109 cm³/mol. The minimum absolute atomic E-state index is 0.307. The molecule has 164 valence electrons. The number of aromatic amines is 1. The highest BCUT2D eigenvalue weighted by Gasteiger charge is 2.38. The second-order valence-corrected chi connectivity index (χ2v) is 7.76. The van der Waals surface area contributed by atoms with E-state index in [0.29, 0.717) is 12.0 Å². The third-order valence-corrected chi connectivity index (χ3v) is 5.73. The van der Waals surface area contributed by atoms with Gasteiger partial charge in [-0.3, -0.25) is 4.90 Å². The number of hydrogen-bond acceptors (Lipinski definition) is 4. The van der Waals surface area contributed by atoms with Gasteiger partial charge in [-0.2, -0.15) is 13.2 Å². The lowest BCUT2D eigenvalue weighted by atomic mass is 9.86. The Morgan fingerprint density at radius 1 is 1.13 bits per heavy atom. The van der Waals surface area contributed by atoms with Crippen molar-refractivity contribution in [2.24, 2.45) is 5.92 Å². The van der Waals surface area contributed by atoms with Crippen LogP contribution in [0.15, 0.2) is 48.8 Å². The Labute approximate surface area is 176 Å². The van der Waals surface area contributed by atoms with Crippen molar-refractivity contribution in [3.63, 3.8) is 0 Å². The van der Waals surface area contributed by atoms with Crippen molar-refractivity contribution >= 4 is 16.9 Å². The molecule has 3 fully saturated rings. The Morgan fingerprint density at radius 2 is 1.84 bits per heavy atom. The molecule has 6 rings (SSSR count). The van der Waals surface area contributed by atoms with Crippen LogP contribution in [0.1, 0.15) is 12.8 Å². The SMILES string of the molecule is O=C(O)C(F)(F)F.c1cc2cc(-c3ccc(O[C@H]4CN5CCC4CC5)nc3)ccc2[nH]1. The summed E-state index contributed by atoms with van der Waals surface area (Å²) in [5, 5.41) is 8.35. The minimum Gasteiger partial charge on any atom is -0.475 e. The molecule has 0 unspecified atom stereocenters. The Balaban J connectivity index is 0.000000289. The van der Waals surface area contributed by atoms with Crippen LogP contribution < -0.4 is 4.74 Å². The molecule has 31 heavy (non-hydrogen) atoms. The zero-order valence-electron chi connectivity index (χ0n) is 16.6. The van der Waals surface area contributed by atoms with Gasteiger partial charge in [0.2, 0.25) is 5.88 Å². The van der Waals surface area contributed by atoms with Crippen molar-refractivity contribution in [2.45, 2.75) is 25.1 Å². The second-order valence-electron chi connectivity index (χ2n) is 7.76. The molecule has 0 saturated carbocycles. The number of nitrogens with one attached hydrogen (secondary N) is 1. The van der Waals surface area contributed by atoms with Crippen molar-refractivity contribution < 1.29 is 27.8 Å². The van der Waals surface area contributed by atoms with Crippen LogP contribution in [0.3, 0.4) is 0 Å². The number of benzene rings is 1. The average Bonchev–Trinajstić information content (AvgIpc) is 3.23. The van der Waals surface area contributed by atoms with Gasteiger partial charge in [0, 0.05) is 36.1 Å². The molecular weight excluding hydrogens is 411 g/mol. The second kappa shape index (κ2) is 8.58. The number of ether oxygens (including phenoxy) is 1. The fourth-order valence-corrected chi connectivity index (χ4v) is 4.05. The highest BCUT2D eigenvalue weighted by molar-refractivity contribution is 5.84. The Hall–Kier alpha value is -3.07. The monoisotopic (exact) mass is 433 g/mol. The summed E-state index contributed by atoms with van der Waals surface area (Å²) in [7, 11) is 0. The molecule has 3 aliphatic heterocycles. The molecule has 0 amide bonds. The third kappa shape index (κ3) is 4.99. The summed E-state index contributed by atoms with van der Waals surface area (Å²) >= 11 is 0. The van der Waals surface area contributed by atoms with E-state index in [-0.39, 0.29) is 0 Å². The van der Waals surface area contributed by atoms with Gasteiger partial charge in [0.05, 0.1) is 0 Å². The molecule has 3 aliphatic rings. The zero-order valence-corrected chi connectivity index (χ0v) is 16.6. The van der Waals surface area contributed by atoms with E-state index in [4.69, 9.17) is 14.6 Å². The Bertz CT molecular complexity index is 1040. The van der Waals surface area contributed by atoms with Gasteiger partial charge in [-0.05, 0) is 67.1 Å². The maximum absolute atomic E-state index is 10.6. The van der Waals surface area contributed by atoms with E-state index in [1.165, 1.54) is 36.9 Å². The van der Waals surface area contributed by atoms with Gasteiger partial charge in [0.1, 0.15) is 6.10 Å². The summed E-state index contributed by atoms with van der Waals surface area (Å²) in [6.07, 6.45) is 1.64. The van der Waals surface area contributed by atoms with E-state index < -0.39 is 12.1 Å². The summed E-state index contributed by atoms with van der Waals surface area (Å²) in [5.74, 6) is -1.31. The van der Waals surface area contributed by atoms with E-state index in [0.717, 1.165) is 23.5 Å². The first-order chi connectivity index (χ1) is 14.8. The van der Waals surface area contributed by atoms with E-state index in [9.17, 15) is 13.2 Å². The fraction of sp³-hybridized carbons (Fsp3) is 0.364. The summed E-state index contributed by atoms with van der Waals surface area (Å²) in [4.78, 5) is 19.2. The van der Waals surface area contributed by atoms with Crippen molar-refractivity contribution in [3.8, 4) is 17.0 Å². The molecule has 0 spiro atoms. The largest absolute Gasteiger partial charge is 0.490 e. The highest BCUT2D eigenvalue weighted by Crippen LogP contribution is 2.31. The van der Waals surface area contributed by atoms with Gasteiger partial charge in [0.25, 0.3) is 0 Å². The first-order valence-electron chi connectivity index (χ1n) is 10.0. The molecule has 1 aromatic carbocycles. The molecule has 9 heteroatoms. The van der Waals surface area contributed by atoms with Crippen molar-refractivity contribution in [3.05, 3.63) is 48.8 Å². The topological polar surface area (TPSA) is 78.5 Å². The van der Waals surface area contributed by atoms with Crippen LogP contribution in [0.2, 0.25) is 0 Å². The fourth-order valence-electron chi connectivity index (χ4n) is 4.05. The summed E-state index contributed by atoms with van der Waals surface area (Å²) < 4.78 is 37.9. The van der Waals surface area contributed by atoms with Crippen LogP contribution in [0.25, 0.3) is 22.0 Å². The van der Waals surface area contributed by atoms with Gasteiger partial charge < -0.3 is 14.8 Å². The van der Waals surface area contributed by atoms with E-state index >= 15 is 0 Å². The number of alkyl halides is 3. The molecule has 2 N–H and O–H groups in total. The standard InChI is InChI=1S/C20H21N3O.C2HF3O2/c1-3-18-16(5-8-21-18)11-15(1)17-2-4-20(22-12-17)24-19-13-23-9-6-14(19)7-10-23;3-2(4,5)1(6)7/h1-5,8,11-12,14,19,21H,6-7,9-10,13H2;(H,6,7)/t19-;/m0./s1. The van der Waals surface area contributed by atoms with E-state index in [1.54, 1.807) is 0 Å². The molecule has 5 heterocycles. The van der Waals surface area contributed by atoms with E-state index in [1.807, 2.05) is 18.5 Å². The minimum atomic E-state index is -5.08. The summed E-state index contributed by atoms with van der Waals surface area (Å²) in [5.41, 5.74) is 3.47. The molecule has 0 radical (unpaired) electrons. The van der Waals surface area contributed by atoms with Crippen molar-refractivity contribution in [1.82, 2.24) is 14.9 Å². The number of pyridine rings is 1. The maximum Gasteiger partial charge on any atom is 0.490 e. The molecule has 2 bridgehead atoms. The number of nitrogens with zero attached hydrogens (tertiary/aromatic N) is 2. The molecule has 2 aromatic heterocycles. The first-order valence-corrected chi connectivity index (χ1v) is 10.0. The van der Waals surface area contributed by atoms with Crippen LogP contribution >= 0.6 is 0 Å². The molecule has 1 atom stereocenters. The highest BCUT2D eigenvalue weighted by atomic mass is 19.4. The van der Waals surface area contributed by atoms with Crippen LogP contribution in [0.5, 0.6) is 5.88 Å². The van der Waals surface area contributed by atoms with Crippen LogP contribution in [-0.4, -0.2) is 57.9 Å². The number of hydrogen-bond donors (Lipinski definition) is 2. The van der Waals surface area contributed by atoms with Crippen molar-refractivity contribution in [2.75, 3.05) is 19.6 Å². The molecule has 3 saturated heterocycles. The number of piperidine rings is 3. The van der Waals surface area contributed by atoms with Crippen LogP contribution in [0, 0.1) is 5.92 Å². The maximum atomic E-state index is 10.6. The summed E-state index contributed by atoms with van der Waals surface area (Å²) in [6, 6.07) is 12.6. The molecule has 0 aliphatic carbocycles. The zero-order chi connectivity index (χ0) is 22.0. The number of aliphatic carboxylic acids is 1. The lowest BCUT2D eigenvalue weighted by Crippen LogP contribution is -2.52. The molecular formula is C22H22F3N3O3. The predicted octanol–water partition coefficient (Wildman–Crippen LogP) is 4.34. The number of aromatic nitrogens is 2. The van der Waals surface area contributed by atoms with E-state index in [2.05, 4.69) is 45.2 Å². The first kappa shape index (κ1) is 21.2. The smallest absolute Gasteiger partial charge is 0.475 e.